The molecule has 16 heavy (non-hydrogen) atoms. The average Bonchev–Trinajstić information content (AvgIpc) is 2.70. The molecule has 3 atom stereocenters. The molecule has 0 radical (unpaired) electrons. The molecule has 2 N–H and O–H groups in total. The molecule has 4 heteroatoms. The highest BCUT2D eigenvalue weighted by Gasteiger charge is 2.31. The third-order valence-corrected chi connectivity index (χ3v) is 4.27. The number of hydrogen-bond acceptors (Lipinski definition) is 3. The van der Waals surface area contributed by atoms with Crippen LogP contribution < -0.4 is 5.73 Å². The number of nitrogens with zero attached hydrogens (tertiary/aromatic N) is 1. The van der Waals surface area contributed by atoms with Gasteiger partial charge in [-0.3, -0.25) is 4.79 Å². The van der Waals surface area contributed by atoms with Crippen LogP contribution in [0.3, 0.4) is 0 Å². The van der Waals surface area contributed by atoms with Gasteiger partial charge in [-0.1, -0.05) is 6.92 Å². The minimum atomic E-state index is 0.177. The van der Waals surface area contributed by atoms with E-state index in [0.717, 1.165) is 31.4 Å². The first-order valence-corrected chi connectivity index (χ1v) is 7.50. The number of thioether (sulfide) groups is 1. The monoisotopic (exact) mass is 244 g/mol. The second kappa shape index (κ2) is 6.50. The van der Waals surface area contributed by atoms with Crippen LogP contribution in [0.2, 0.25) is 0 Å². The molecular weight excluding hydrogens is 220 g/mol. The van der Waals surface area contributed by atoms with Gasteiger partial charge in [-0.05, 0) is 31.9 Å². The predicted molar refractivity (Wildman–Crippen MR) is 70.5 cm³/mol. The van der Waals surface area contributed by atoms with Gasteiger partial charge in [0.25, 0.3) is 0 Å². The lowest BCUT2D eigenvalue weighted by atomic mass is 10.1. The molecular formula is C12H24N2OS. The van der Waals surface area contributed by atoms with Crippen molar-refractivity contribution in [3.63, 3.8) is 0 Å². The molecule has 0 heterocycles. The zero-order valence-corrected chi connectivity index (χ0v) is 11.4. The van der Waals surface area contributed by atoms with E-state index >= 15 is 0 Å². The summed E-state index contributed by atoms with van der Waals surface area (Å²) in [6, 6.07) is 0.613. The van der Waals surface area contributed by atoms with Crippen LogP contribution in [-0.4, -0.2) is 41.9 Å². The van der Waals surface area contributed by atoms with E-state index in [0.29, 0.717) is 11.9 Å². The van der Waals surface area contributed by atoms with Crippen molar-refractivity contribution in [2.45, 2.75) is 44.7 Å². The van der Waals surface area contributed by atoms with Crippen molar-refractivity contribution >= 4 is 17.7 Å². The topological polar surface area (TPSA) is 46.3 Å². The summed E-state index contributed by atoms with van der Waals surface area (Å²) in [7, 11) is 1.94. The molecule has 3 nitrogen and oxygen atoms in total. The molecule has 0 bridgehead atoms. The van der Waals surface area contributed by atoms with Crippen LogP contribution >= 0.6 is 11.8 Å². The molecule has 0 saturated heterocycles. The molecule has 1 saturated carbocycles. The van der Waals surface area contributed by atoms with Crippen molar-refractivity contribution in [3.8, 4) is 0 Å². The molecule has 0 aliphatic heterocycles. The molecule has 0 aromatic rings. The number of rotatable bonds is 5. The minimum Gasteiger partial charge on any atom is -0.342 e. The highest BCUT2D eigenvalue weighted by Crippen LogP contribution is 2.26. The highest BCUT2D eigenvalue weighted by atomic mass is 32.2. The SMILES string of the molecule is CCC(CSC)N(C)C(=O)C1CCC(N)C1. The van der Waals surface area contributed by atoms with Gasteiger partial charge in [0.1, 0.15) is 0 Å². The Labute approximate surface area is 103 Å². The van der Waals surface area contributed by atoms with Gasteiger partial charge >= 0.3 is 0 Å². The quantitative estimate of drug-likeness (QED) is 0.801. The van der Waals surface area contributed by atoms with E-state index in [1.807, 2.05) is 11.9 Å². The Hall–Kier alpha value is -0.220. The minimum absolute atomic E-state index is 0.177. The van der Waals surface area contributed by atoms with Gasteiger partial charge in [0.2, 0.25) is 5.91 Å². The molecule has 0 aromatic carbocycles. The van der Waals surface area contributed by atoms with Crippen molar-refractivity contribution in [2.24, 2.45) is 11.7 Å². The van der Waals surface area contributed by atoms with E-state index in [2.05, 4.69) is 13.2 Å². The van der Waals surface area contributed by atoms with Crippen LogP contribution in [0, 0.1) is 5.92 Å². The van der Waals surface area contributed by atoms with Crippen molar-refractivity contribution < 1.29 is 4.79 Å². The molecule has 1 aliphatic rings. The normalized spacial score (nSPS) is 26.8. The van der Waals surface area contributed by atoms with Crippen molar-refractivity contribution in [2.75, 3.05) is 19.1 Å². The summed E-state index contributed by atoms with van der Waals surface area (Å²) in [5, 5.41) is 0. The van der Waals surface area contributed by atoms with Crippen LogP contribution in [0.5, 0.6) is 0 Å². The summed E-state index contributed by atoms with van der Waals surface area (Å²) in [5.41, 5.74) is 5.86. The fourth-order valence-electron chi connectivity index (χ4n) is 2.40. The molecule has 1 fully saturated rings. The number of nitrogens with two attached hydrogens (primary N) is 1. The maximum Gasteiger partial charge on any atom is 0.225 e. The molecule has 1 aliphatic carbocycles. The Morgan fingerprint density at radius 1 is 1.56 bits per heavy atom. The van der Waals surface area contributed by atoms with E-state index in [-0.39, 0.29) is 12.0 Å². The molecule has 1 rings (SSSR count). The molecule has 94 valence electrons. The van der Waals surface area contributed by atoms with E-state index in [1.165, 1.54) is 0 Å². The Morgan fingerprint density at radius 3 is 2.69 bits per heavy atom. The average molecular weight is 244 g/mol. The van der Waals surface area contributed by atoms with Gasteiger partial charge in [0.05, 0.1) is 0 Å². The molecule has 0 spiro atoms. The highest BCUT2D eigenvalue weighted by molar-refractivity contribution is 7.98. The number of amides is 1. The first-order valence-electron chi connectivity index (χ1n) is 6.11. The Kier molecular flexibility index (Phi) is 5.62. The third kappa shape index (κ3) is 3.39. The zero-order chi connectivity index (χ0) is 12.1. The molecule has 3 unspecified atom stereocenters. The number of carbonyl (C=O) groups excluding carboxylic acids is 1. The van der Waals surface area contributed by atoms with Crippen LogP contribution in [0.25, 0.3) is 0 Å². The fourth-order valence-corrected chi connectivity index (χ4v) is 3.25. The van der Waals surface area contributed by atoms with Gasteiger partial charge < -0.3 is 10.6 Å². The fraction of sp³-hybridized carbons (Fsp3) is 0.917. The van der Waals surface area contributed by atoms with E-state index in [4.69, 9.17) is 5.73 Å². The third-order valence-electron chi connectivity index (χ3n) is 3.55. The maximum atomic E-state index is 12.2. The van der Waals surface area contributed by atoms with E-state index in [9.17, 15) is 4.79 Å². The summed E-state index contributed by atoms with van der Waals surface area (Å²) >= 11 is 1.80. The lowest BCUT2D eigenvalue weighted by Gasteiger charge is -2.29. The zero-order valence-electron chi connectivity index (χ0n) is 10.6. The van der Waals surface area contributed by atoms with Gasteiger partial charge in [-0.2, -0.15) is 11.8 Å². The Morgan fingerprint density at radius 2 is 2.25 bits per heavy atom. The van der Waals surface area contributed by atoms with Gasteiger partial charge in [-0.15, -0.1) is 0 Å². The van der Waals surface area contributed by atoms with Crippen LogP contribution in [-0.2, 0) is 4.79 Å². The largest absolute Gasteiger partial charge is 0.342 e. The lowest BCUT2D eigenvalue weighted by molar-refractivity contribution is -0.135. The predicted octanol–water partition coefficient (Wildman–Crippen LogP) is 1.71. The van der Waals surface area contributed by atoms with Crippen molar-refractivity contribution in [3.05, 3.63) is 0 Å². The van der Waals surface area contributed by atoms with Crippen LogP contribution in [0.15, 0.2) is 0 Å². The maximum absolute atomic E-state index is 12.2. The van der Waals surface area contributed by atoms with Crippen LogP contribution in [0.4, 0.5) is 0 Å². The standard InChI is InChI=1S/C12H24N2OS/c1-4-11(8-16-3)14(2)12(15)9-5-6-10(13)7-9/h9-11H,4-8,13H2,1-3H3. The molecule has 0 aromatic heterocycles. The first kappa shape index (κ1) is 13.8. The number of hydrogen-bond donors (Lipinski definition) is 1. The summed E-state index contributed by atoms with van der Waals surface area (Å²) in [6.45, 7) is 2.14. The van der Waals surface area contributed by atoms with E-state index in [1.54, 1.807) is 11.8 Å². The number of carbonyl (C=O) groups is 1. The first-order chi connectivity index (χ1) is 7.60. The smallest absolute Gasteiger partial charge is 0.225 e. The van der Waals surface area contributed by atoms with Crippen molar-refractivity contribution in [1.82, 2.24) is 4.90 Å². The summed E-state index contributed by atoms with van der Waals surface area (Å²) in [4.78, 5) is 14.2. The Bertz CT molecular complexity index is 235. The summed E-state index contributed by atoms with van der Waals surface area (Å²) in [6.07, 6.45) is 5.97. The summed E-state index contributed by atoms with van der Waals surface area (Å²) in [5.74, 6) is 1.50. The molecule has 1 amide bonds. The van der Waals surface area contributed by atoms with Gasteiger partial charge in [0.15, 0.2) is 0 Å². The lowest BCUT2D eigenvalue weighted by Crippen LogP contribution is -2.41. The van der Waals surface area contributed by atoms with E-state index < -0.39 is 0 Å². The second-order valence-electron chi connectivity index (χ2n) is 4.74. The summed E-state index contributed by atoms with van der Waals surface area (Å²) < 4.78 is 0. The van der Waals surface area contributed by atoms with Crippen LogP contribution in [0.1, 0.15) is 32.6 Å². The van der Waals surface area contributed by atoms with Gasteiger partial charge in [0, 0.05) is 30.8 Å². The Balaban J connectivity index is 2.51. The second-order valence-corrected chi connectivity index (χ2v) is 5.65. The van der Waals surface area contributed by atoms with Crippen molar-refractivity contribution in [1.29, 1.82) is 0 Å². The van der Waals surface area contributed by atoms with Gasteiger partial charge in [-0.25, -0.2) is 0 Å².